The smallest absolute Gasteiger partial charge is 0.224 e. The summed E-state index contributed by atoms with van der Waals surface area (Å²) in [5, 5.41) is 3.06. The fourth-order valence-electron chi connectivity index (χ4n) is 2.29. The molecule has 0 spiro atoms. The molecule has 1 atom stereocenters. The van der Waals surface area contributed by atoms with Crippen LogP contribution in [-0.4, -0.2) is 18.5 Å². The van der Waals surface area contributed by atoms with Gasteiger partial charge in [0.15, 0.2) is 0 Å². The molecule has 0 aliphatic heterocycles. The molecule has 3 nitrogen and oxygen atoms in total. The molecule has 0 radical (unpaired) electrons. The number of nitrogens with one attached hydrogen (secondary N) is 1. The van der Waals surface area contributed by atoms with Gasteiger partial charge >= 0.3 is 0 Å². The van der Waals surface area contributed by atoms with Gasteiger partial charge in [-0.1, -0.05) is 23.8 Å². The molecule has 0 aromatic heterocycles. The number of rotatable bonds is 5. The first kappa shape index (κ1) is 13.1. The van der Waals surface area contributed by atoms with E-state index in [1.165, 1.54) is 24.0 Å². The first-order valence-electron chi connectivity index (χ1n) is 6.65. The summed E-state index contributed by atoms with van der Waals surface area (Å²) in [7, 11) is 0. The highest BCUT2D eigenvalue weighted by atomic mass is 16.1. The van der Waals surface area contributed by atoms with Crippen LogP contribution in [0.1, 0.15) is 29.5 Å². The fraction of sp³-hybridized carbons (Fsp3) is 0.533. The van der Waals surface area contributed by atoms with E-state index in [1.54, 1.807) is 0 Å². The Morgan fingerprint density at radius 2 is 2.17 bits per heavy atom. The minimum atomic E-state index is 0.0889. The summed E-state index contributed by atoms with van der Waals surface area (Å²) in [6.45, 7) is 4.64. The molecule has 1 aliphatic rings. The van der Waals surface area contributed by atoms with Gasteiger partial charge in [0.25, 0.3) is 0 Å². The van der Waals surface area contributed by atoms with Crippen molar-refractivity contribution in [3.63, 3.8) is 0 Å². The Bertz CT molecular complexity index is 438. The standard InChI is InChI=1S/C15H22N2O/c1-10-3-4-11(2)13(7-10)8-15(18)17-14(9-16)12-5-6-12/h3-4,7,12,14H,5-6,8-9,16H2,1-2H3,(H,17,18). The Balaban J connectivity index is 1.95. The van der Waals surface area contributed by atoms with Crippen molar-refractivity contribution >= 4 is 5.91 Å². The molecule has 1 aromatic carbocycles. The third-order valence-corrected chi connectivity index (χ3v) is 3.65. The summed E-state index contributed by atoms with van der Waals surface area (Å²) in [6, 6.07) is 6.40. The Labute approximate surface area is 109 Å². The molecule has 1 unspecified atom stereocenters. The van der Waals surface area contributed by atoms with Gasteiger partial charge in [0.2, 0.25) is 5.91 Å². The Hall–Kier alpha value is -1.35. The van der Waals surface area contributed by atoms with Gasteiger partial charge in [-0.15, -0.1) is 0 Å². The molecule has 3 N–H and O–H groups in total. The normalized spacial score (nSPS) is 16.4. The van der Waals surface area contributed by atoms with Crippen molar-refractivity contribution in [2.24, 2.45) is 11.7 Å². The molecular weight excluding hydrogens is 224 g/mol. The molecule has 3 heteroatoms. The number of nitrogens with two attached hydrogens (primary N) is 1. The molecule has 1 saturated carbocycles. The van der Waals surface area contributed by atoms with Crippen LogP contribution in [0, 0.1) is 19.8 Å². The maximum Gasteiger partial charge on any atom is 0.224 e. The average molecular weight is 246 g/mol. The molecule has 1 aliphatic carbocycles. The lowest BCUT2D eigenvalue weighted by atomic mass is 10.0. The van der Waals surface area contributed by atoms with Crippen molar-refractivity contribution in [2.45, 2.75) is 39.2 Å². The van der Waals surface area contributed by atoms with Gasteiger partial charge in [0, 0.05) is 12.6 Å². The van der Waals surface area contributed by atoms with Crippen LogP contribution in [0.25, 0.3) is 0 Å². The van der Waals surface area contributed by atoms with Crippen molar-refractivity contribution in [2.75, 3.05) is 6.54 Å². The molecule has 1 fully saturated rings. The van der Waals surface area contributed by atoms with Gasteiger partial charge in [-0.05, 0) is 43.7 Å². The predicted octanol–water partition coefficient (Wildman–Crippen LogP) is 1.70. The van der Waals surface area contributed by atoms with Crippen molar-refractivity contribution in [1.82, 2.24) is 5.32 Å². The highest BCUT2D eigenvalue weighted by Gasteiger charge is 2.31. The van der Waals surface area contributed by atoms with Gasteiger partial charge in [-0.3, -0.25) is 4.79 Å². The highest BCUT2D eigenvalue weighted by molar-refractivity contribution is 5.79. The van der Waals surface area contributed by atoms with Crippen LogP contribution in [0.2, 0.25) is 0 Å². The van der Waals surface area contributed by atoms with E-state index >= 15 is 0 Å². The molecule has 18 heavy (non-hydrogen) atoms. The van der Waals surface area contributed by atoms with Crippen LogP contribution in [0.15, 0.2) is 18.2 Å². The molecule has 0 bridgehead atoms. The molecule has 1 aromatic rings. The number of carbonyl (C=O) groups is 1. The SMILES string of the molecule is Cc1ccc(C)c(CC(=O)NC(CN)C2CC2)c1. The zero-order valence-electron chi connectivity index (χ0n) is 11.2. The lowest BCUT2D eigenvalue weighted by Crippen LogP contribution is -2.42. The topological polar surface area (TPSA) is 55.1 Å². The molecule has 98 valence electrons. The molecule has 0 heterocycles. The fourth-order valence-corrected chi connectivity index (χ4v) is 2.29. The van der Waals surface area contributed by atoms with E-state index < -0.39 is 0 Å². The number of benzene rings is 1. The van der Waals surface area contributed by atoms with Crippen LogP contribution >= 0.6 is 0 Å². The third-order valence-electron chi connectivity index (χ3n) is 3.65. The lowest BCUT2D eigenvalue weighted by molar-refractivity contribution is -0.121. The minimum absolute atomic E-state index is 0.0889. The van der Waals surface area contributed by atoms with E-state index in [2.05, 4.69) is 23.5 Å². The van der Waals surface area contributed by atoms with E-state index in [4.69, 9.17) is 5.73 Å². The van der Waals surface area contributed by atoms with E-state index in [9.17, 15) is 4.79 Å². The number of carbonyl (C=O) groups excluding carboxylic acids is 1. The molecule has 2 rings (SSSR count). The van der Waals surface area contributed by atoms with Crippen LogP contribution in [0.3, 0.4) is 0 Å². The summed E-state index contributed by atoms with van der Waals surface area (Å²) in [6.07, 6.45) is 2.86. The van der Waals surface area contributed by atoms with Crippen LogP contribution in [0.5, 0.6) is 0 Å². The maximum absolute atomic E-state index is 12.0. The second-order valence-corrected chi connectivity index (χ2v) is 5.35. The van der Waals surface area contributed by atoms with Crippen LogP contribution in [0.4, 0.5) is 0 Å². The molecule has 1 amide bonds. The second-order valence-electron chi connectivity index (χ2n) is 5.35. The zero-order chi connectivity index (χ0) is 13.1. The van der Waals surface area contributed by atoms with Gasteiger partial charge in [0.05, 0.1) is 6.42 Å². The summed E-state index contributed by atoms with van der Waals surface area (Å²) >= 11 is 0. The van der Waals surface area contributed by atoms with Crippen LogP contribution < -0.4 is 11.1 Å². The second kappa shape index (κ2) is 5.53. The van der Waals surface area contributed by atoms with Crippen molar-refractivity contribution < 1.29 is 4.79 Å². The average Bonchev–Trinajstić information content (AvgIpc) is 3.15. The van der Waals surface area contributed by atoms with E-state index in [-0.39, 0.29) is 11.9 Å². The van der Waals surface area contributed by atoms with E-state index in [1.807, 2.05) is 13.8 Å². The summed E-state index contributed by atoms with van der Waals surface area (Å²) < 4.78 is 0. The molecular formula is C15H22N2O. The minimum Gasteiger partial charge on any atom is -0.352 e. The Morgan fingerprint density at radius 1 is 1.44 bits per heavy atom. The van der Waals surface area contributed by atoms with Gasteiger partial charge in [-0.2, -0.15) is 0 Å². The van der Waals surface area contributed by atoms with E-state index in [0.29, 0.717) is 18.9 Å². The lowest BCUT2D eigenvalue weighted by Gasteiger charge is -2.16. The van der Waals surface area contributed by atoms with Crippen LogP contribution in [-0.2, 0) is 11.2 Å². The highest BCUT2D eigenvalue weighted by Crippen LogP contribution is 2.32. The monoisotopic (exact) mass is 246 g/mol. The van der Waals surface area contributed by atoms with E-state index in [0.717, 1.165) is 5.56 Å². The van der Waals surface area contributed by atoms with Gasteiger partial charge in [0.1, 0.15) is 0 Å². The zero-order valence-corrected chi connectivity index (χ0v) is 11.2. The Kier molecular flexibility index (Phi) is 4.02. The van der Waals surface area contributed by atoms with Gasteiger partial charge in [-0.25, -0.2) is 0 Å². The quantitative estimate of drug-likeness (QED) is 0.831. The summed E-state index contributed by atoms with van der Waals surface area (Å²) in [5.74, 6) is 0.698. The first-order chi connectivity index (χ1) is 8.60. The Morgan fingerprint density at radius 3 is 2.78 bits per heavy atom. The largest absolute Gasteiger partial charge is 0.352 e. The number of hydrogen-bond donors (Lipinski definition) is 2. The number of hydrogen-bond acceptors (Lipinski definition) is 2. The number of amides is 1. The van der Waals surface area contributed by atoms with Crippen molar-refractivity contribution in [3.05, 3.63) is 34.9 Å². The van der Waals surface area contributed by atoms with Crippen molar-refractivity contribution in [3.8, 4) is 0 Å². The predicted molar refractivity (Wildman–Crippen MR) is 73.3 cm³/mol. The maximum atomic E-state index is 12.0. The first-order valence-corrected chi connectivity index (χ1v) is 6.65. The number of aryl methyl sites for hydroxylation is 2. The molecule has 0 saturated heterocycles. The van der Waals surface area contributed by atoms with Gasteiger partial charge < -0.3 is 11.1 Å². The third kappa shape index (κ3) is 3.33. The summed E-state index contributed by atoms with van der Waals surface area (Å²) in [4.78, 5) is 12.0. The summed E-state index contributed by atoms with van der Waals surface area (Å²) in [5.41, 5.74) is 9.17. The van der Waals surface area contributed by atoms with Crippen molar-refractivity contribution in [1.29, 1.82) is 0 Å².